The second-order valence-electron chi connectivity index (χ2n) is 8.33. The second kappa shape index (κ2) is 6.27. The van der Waals surface area contributed by atoms with E-state index in [1.165, 1.54) is 17.7 Å². The predicted molar refractivity (Wildman–Crippen MR) is 102 cm³/mol. The first kappa shape index (κ1) is 18.9. The highest BCUT2D eigenvalue weighted by Gasteiger charge is 2.37. The molecule has 0 amide bonds. The van der Waals surface area contributed by atoms with Crippen LogP contribution in [-0.4, -0.2) is 35.3 Å². The first-order valence-electron chi connectivity index (χ1n) is 9.43. The highest BCUT2D eigenvalue weighted by Crippen LogP contribution is 2.42. The smallest absolute Gasteiger partial charge is 0.341 e. The molecule has 2 heterocycles. The highest BCUT2D eigenvalue weighted by molar-refractivity contribution is 5.95. The molecular formula is C20H23F2N3O3. The molecule has 3 N–H and O–H groups in total. The first-order valence-corrected chi connectivity index (χ1v) is 9.43. The van der Waals surface area contributed by atoms with Crippen molar-refractivity contribution in [1.29, 1.82) is 0 Å². The summed E-state index contributed by atoms with van der Waals surface area (Å²) in [7, 11) is 0. The van der Waals surface area contributed by atoms with Gasteiger partial charge in [-0.25, -0.2) is 13.6 Å². The zero-order chi connectivity index (χ0) is 20.4. The second-order valence-corrected chi connectivity index (χ2v) is 8.33. The van der Waals surface area contributed by atoms with Gasteiger partial charge in [0.2, 0.25) is 5.43 Å². The summed E-state index contributed by atoms with van der Waals surface area (Å²) in [5, 5.41) is 9.18. The van der Waals surface area contributed by atoms with Gasteiger partial charge in [0.15, 0.2) is 11.6 Å². The fraction of sp³-hybridized carbons (Fsp3) is 0.500. The van der Waals surface area contributed by atoms with E-state index in [0.717, 1.165) is 12.8 Å². The molecule has 150 valence electrons. The minimum absolute atomic E-state index is 0.00671. The van der Waals surface area contributed by atoms with Crippen LogP contribution in [0, 0.1) is 24.0 Å². The number of fused-ring (bicyclic) bond motifs is 1. The van der Waals surface area contributed by atoms with Crippen molar-refractivity contribution in [2.45, 2.75) is 39.2 Å². The molecule has 28 heavy (non-hydrogen) atoms. The number of nitrogens with two attached hydrogens (primary N) is 1. The maximum atomic E-state index is 15.7. The van der Waals surface area contributed by atoms with Crippen molar-refractivity contribution in [3.05, 3.63) is 39.2 Å². The van der Waals surface area contributed by atoms with Gasteiger partial charge in [-0.2, -0.15) is 0 Å². The minimum Gasteiger partial charge on any atom is -0.477 e. The number of aromatic carboxylic acids is 1. The van der Waals surface area contributed by atoms with E-state index in [1.807, 2.05) is 6.92 Å². The van der Waals surface area contributed by atoms with Gasteiger partial charge >= 0.3 is 5.97 Å². The molecule has 0 radical (unpaired) electrons. The number of pyridine rings is 1. The Morgan fingerprint density at radius 2 is 2.04 bits per heavy atom. The number of benzene rings is 1. The van der Waals surface area contributed by atoms with Crippen LogP contribution >= 0.6 is 0 Å². The van der Waals surface area contributed by atoms with E-state index in [0.29, 0.717) is 26.1 Å². The molecule has 0 spiro atoms. The summed E-state index contributed by atoms with van der Waals surface area (Å²) >= 11 is 0. The molecule has 1 aromatic heterocycles. The maximum absolute atomic E-state index is 15.7. The molecule has 8 heteroatoms. The number of carboxylic acids is 1. The molecular weight excluding hydrogens is 368 g/mol. The Balaban J connectivity index is 2.03. The summed E-state index contributed by atoms with van der Waals surface area (Å²) in [6.45, 7) is 4.68. The van der Waals surface area contributed by atoms with Gasteiger partial charge in [0, 0.05) is 30.9 Å². The average Bonchev–Trinajstić information content (AvgIpc) is 3.42. The Kier molecular flexibility index (Phi) is 4.22. The van der Waals surface area contributed by atoms with E-state index >= 15 is 8.78 Å². The molecule has 2 fully saturated rings. The summed E-state index contributed by atoms with van der Waals surface area (Å²) in [6.07, 6.45) is 3.43. The molecule has 6 nitrogen and oxygen atoms in total. The lowest BCUT2D eigenvalue weighted by Gasteiger charge is -2.26. The fourth-order valence-electron chi connectivity index (χ4n) is 4.15. The molecule has 1 aliphatic carbocycles. The van der Waals surface area contributed by atoms with Crippen molar-refractivity contribution in [2.75, 3.05) is 24.5 Å². The van der Waals surface area contributed by atoms with Gasteiger partial charge in [0.05, 0.1) is 10.9 Å². The van der Waals surface area contributed by atoms with Crippen LogP contribution in [0.25, 0.3) is 10.9 Å². The van der Waals surface area contributed by atoms with Crippen molar-refractivity contribution in [3.63, 3.8) is 0 Å². The third kappa shape index (κ3) is 2.70. The van der Waals surface area contributed by atoms with Crippen LogP contribution in [-0.2, 0) is 0 Å². The number of anilines is 1. The Morgan fingerprint density at radius 3 is 2.57 bits per heavy atom. The third-order valence-corrected chi connectivity index (χ3v) is 6.10. The molecule has 1 unspecified atom stereocenters. The number of hydrogen-bond donors (Lipinski definition) is 2. The molecule has 1 aromatic carbocycles. The standard InChI is InChI=1S/C20H23F2N3O3/c1-10-13-16(25(11-3-4-11)7-12(18(13)26)19(27)28)15(22)17(14(10)21)24-6-5-20(2,8-23)9-24/h7,11H,3-6,8-9,23H2,1-2H3,(H,27,28). The molecule has 0 bridgehead atoms. The lowest BCUT2D eigenvalue weighted by atomic mass is 9.90. The zero-order valence-electron chi connectivity index (χ0n) is 15.9. The number of aromatic nitrogens is 1. The van der Waals surface area contributed by atoms with E-state index in [2.05, 4.69) is 0 Å². The number of rotatable bonds is 4. The lowest BCUT2D eigenvalue weighted by molar-refractivity contribution is 0.0695. The van der Waals surface area contributed by atoms with E-state index in [4.69, 9.17) is 5.73 Å². The summed E-state index contributed by atoms with van der Waals surface area (Å²) in [5.74, 6) is -3.02. The Bertz CT molecular complexity index is 1060. The van der Waals surface area contributed by atoms with Gasteiger partial charge in [-0.3, -0.25) is 4.79 Å². The van der Waals surface area contributed by atoms with Crippen LogP contribution in [0.3, 0.4) is 0 Å². The average molecular weight is 391 g/mol. The van der Waals surface area contributed by atoms with Crippen LogP contribution in [0.2, 0.25) is 0 Å². The van der Waals surface area contributed by atoms with Crippen molar-refractivity contribution in [1.82, 2.24) is 4.57 Å². The third-order valence-electron chi connectivity index (χ3n) is 6.10. The van der Waals surface area contributed by atoms with Crippen molar-refractivity contribution < 1.29 is 18.7 Å². The normalized spacial score (nSPS) is 22.2. The van der Waals surface area contributed by atoms with E-state index in [-0.39, 0.29) is 33.6 Å². The number of carbonyl (C=O) groups is 1. The number of hydrogen-bond acceptors (Lipinski definition) is 4. The highest BCUT2D eigenvalue weighted by atomic mass is 19.1. The predicted octanol–water partition coefficient (Wildman–Crippen LogP) is 2.80. The van der Waals surface area contributed by atoms with Gasteiger partial charge in [-0.1, -0.05) is 6.92 Å². The zero-order valence-corrected chi connectivity index (χ0v) is 15.9. The van der Waals surface area contributed by atoms with Gasteiger partial charge in [-0.05, 0) is 38.1 Å². The molecule has 1 atom stereocenters. The minimum atomic E-state index is -1.40. The van der Waals surface area contributed by atoms with Gasteiger partial charge in [0.25, 0.3) is 0 Å². The molecule has 1 saturated carbocycles. The van der Waals surface area contributed by atoms with E-state index < -0.39 is 28.6 Å². The number of aryl methyl sites for hydroxylation is 1. The van der Waals surface area contributed by atoms with E-state index in [9.17, 15) is 14.7 Å². The van der Waals surface area contributed by atoms with Crippen LogP contribution in [0.1, 0.15) is 48.1 Å². The van der Waals surface area contributed by atoms with Crippen LogP contribution in [0.5, 0.6) is 0 Å². The van der Waals surface area contributed by atoms with Crippen molar-refractivity contribution >= 4 is 22.6 Å². The lowest BCUT2D eigenvalue weighted by Crippen LogP contribution is -2.32. The molecule has 1 saturated heterocycles. The Hall–Kier alpha value is -2.48. The van der Waals surface area contributed by atoms with Crippen molar-refractivity contribution in [2.24, 2.45) is 11.1 Å². The maximum Gasteiger partial charge on any atom is 0.341 e. The largest absolute Gasteiger partial charge is 0.477 e. The number of nitrogens with zero attached hydrogens (tertiary/aromatic N) is 2. The number of carboxylic acid groups (broad SMARTS) is 1. The topological polar surface area (TPSA) is 88.6 Å². The molecule has 2 aliphatic rings. The quantitative estimate of drug-likeness (QED) is 0.837. The molecule has 1 aliphatic heterocycles. The van der Waals surface area contributed by atoms with Gasteiger partial charge in [-0.15, -0.1) is 0 Å². The summed E-state index contributed by atoms with van der Waals surface area (Å²) in [6, 6.07) is -0.0821. The monoisotopic (exact) mass is 391 g/mol. The van der Waals surface area contributed by atoms with Crippen LogP contribution in [0.15, 0.2) is 11.0 Å². The summed E-state index contributed by atoms with van der Waals surface area (Å²) < 4.78 is 32.4. The summed E-state index contributed by atoms with van der Waals surface area (Å²) in [5.41, 5.74) is 4.10. The first-order chi connectivity index (χ1) is 13.2. The molecule has 2 aromatic rings. The molecule has 4 rings (SSSR count). The van der Waals surface area contributed by atoms with Gasteiger partial charge < -0.3 is 20.3 Å². The Morgan fingerprint density at radius 1 is 1.36 bits per heavy atom. The van der Waals surface area contributed by atoms with Crippen molar-refractivity contribution in [3.8, 4) is 0 Å². The number of halogens is 2. The Labute approximate surface area is 160 Å². The van der Waals surface area contributed by atoms with Crippen LogP contribution < -0.4 is 16.1 Å². The fourth-order valence-corrected chi connectivity index (χ4v) is 4.15. The van der Waals surface area contributed by atoms with E-state index in [1.54, 1.807) is 4.90 Å². The SMILES string of the molecule is Cc1c(F)c(N2CCC(C)(CN)C2)c(F)c2c1c(=O)c(C(=O)O)cn2C1CC1. The van der Waals surface area contributed by atoms with Crippen LogP contribution in [0.4, 0.5) is 14.5 Å². The summed E-state index contributed by atoms with van der Waals surface area (Å²) in [4.78, 5) is 25.9. The van der Waals surface area contributed by atoms with Gasteiger partial charge in [0.1, 0.15) is 11.3 Å².